The second kappa shape index (κ2) is 5.58. The normalized spacial score (nSPS) is 12.8. The third kappa shape index (κ3) is 2.84. The minimum absolute atomic E-state index is 0.316. The molecule has 21 heavy (non-hydrogen) atoms. The van der Waals surface area contributed by atoms with Crippen molar-refractivity contribution in [1.82, 2.24) is 4.98 Å². The number of hydrogen-bond donors (Lipinski definition) is 1. The molecule has 0 saturated carbocycles. The van der Waals surface area contributed by atoms with Gasteiger partial charge in [0.1, 0.15) is 23.3 Å². The van der Waals surface area contributed by atoms with E-state index in [-0.39, 0.29) is 5.82 Å². The summed E-state index contributed by atoms with van der Waals surface area (Å²) in [6, 6.07) is 6.24. The minimum Gasteiger partial charge on any atom is -0.458 e. The number of aromatic nitrogens is 1. The number of pyridine rings is 1. The van der Waals surface area contributed by atoms with Gasteiger partial charge in [-0.2, -0.15) is 0 Å². The van der Waals surface area contributed by atoms with Crippen molar-refractivity contribution in [3.63, 3.8) is 0 Å². The van der Waals surface area contributed by atoms with Crippen LogP contribution < -0.4 is 0 Å². The van der Waals surface area contributed by atoms with Crippen LogP contribution >= 0.6 is 15.9 Å². The first-order valence-electron chi connectivity index (χ1n) is 6.50. The van der Waals surface area contributed by atoms with Gasteiger partial charge in [0.2, 0.25) is 0 Å². The number of halogens is 2. The number of aliphatic hydroxyl groups is 1. The molecule has 108 valence electrons. The molecule has 5 heteroatoms. The van der Waals surface area contributed by atoms with Gasteiger partial charge in [-0.25, -0.2) is 4.39 Å². The van der Waals surface area contributed by atoms with Gasteiger partial charge in [-0.15, -0.1) is 0 Å². The molecule has 0 aliphatic rings. The summed E-state index contributed by atoms with van der Waals surface area (Å²) < 4.78 is 19.8. The van der Waals surface area contributed by atoms with Gasteiger partial charge in [0, 0.05) is 34.2 Å². The number of hydrogen-bond acceptors (Lipinski definition) is 3. The van der Waals surface area contributed by atoms with Crippen molar-refractivity contribution in [2.24, 2.45) is 0 Å². The molecule has 0 bridgehead atoms. The van der Waals surface area contributed by atoms with Gasteiger partial charge in [-0.05, 0) is 52.7 Å². The number of fused-ring (bicyclic) bond motifs is 1. The van der Waals surface area contributed by atoms with E-state index in [1.165, 1.54) is 12.1 Å². The van der Waals surface area contributed by atoms with Gasteiger partial charge in [-0.3, -0.25) is 4.98 Å². The van der Waals surface area contributed by atoms with Crippen LogP contribution in [0.25, 0.3) is 11.0 Å². The van der Waals surface area contributed by atoms with E-state index in [2.05, 4.69) is 20.9 Å². The van der Waals surface area contributed by atoms with E-state index in [1.807, 2.05) is 13.0 Å². The van der Waals surface area contributed by atoms with E-state index in [9.17, 15) is 9.50 Å². The van der Waals surface area contributed by atoms with Crippen LogP contribution in [-0.2, 0) is 6.42 Å². The molecule has 0 amide bonds. The summed E-state index contributed by atoms with van der Waals surface area (Å²) in [7, 11) is 0. The Kier molecular flexibility index (Phi) is 3.78. The number of aliphatic hydroxyl groups excluding tert-OH is 1. The van der Waals surface area contributed by atoms with Crippen LogP contribution in [0.5, 0.6) is 0 Å². The van der Waals surface area contributed by atoms with Crippen LogP contribution in [0.1, 0.15) is 23.0 Å². The van der Waals surface area contributed by atoms with Crippen molar-refractivity contribution in [1.29, 1.82) is 0 Å². The molecular formula is C16H13BrFNO2. The molecule has 3 aromatic rings. The molecule has 0 saturated heterocycles. The molecule has 2 heterocycles. The molecule has 1 N–H and O–H groups in total. The van der Waals surface area contributed by atoms with Crippen molar-refractivity contribution < 1.29 is 13.9 Å². The highest BCUT2D eigenvalue weighted by atomic mass is 79.9. The molecule has 0 aliphatic carbocycles. The lowest BCUT2D eigenvalue weighted by Crippen LogP contribution is -2.02. The average molecular weight is 350 g/mol. The first-order valence-corrected chi connectivity index (χ1v) is 7.30. The Labute approximate surface area is 129 Å². The highest BCUT2D eigenvalue weighted by Gasteiger charge is 2.19. The van der Waals surface area contributed by atoms with Crippen molar-refractivity contribution >= 4 is 26.9 Å². The summed E-state index contributed by atoms with van der Waals surface area (Å²) in [6.07, 6.45) is 2.98. The average Bonchev–Trinajstić information content (AvgIpc) is 2.76. The number of furan rings is 1. The molecule has 1 aromatic carbocycles. The van der Waals surface area contributed by atoms with E-state index in [4.69, 9.17) is 4.42 Å². The zero-order valence-corrected chi connectivity index (χ0v) is 12.9. The Morgan fingerprint density at radius 2 is 2.14 bits per heavy atom. The van der Waals surface area contributed by atoms with Crippen LogP contribution in [0.3, 0.4) is 0 Å². The van der Waals surface area contributed by atoms with E-state index in [0.717, 1.165) is 15.6 Å². The molecular weight excluding hydrogens is 337 g/mol. The SMILES string of the molecule is Cc1c(C(O)Cc2cncc(Br)c2)oc2ccc(F)cc12. The predicted molar refractivity (Wildman–Crippen MR) is 81.5 cm³/mol. The summed E-state index contributed by atoms with van der Waals surface area (Å²) in [5, 5.41) is 11.1. The second-order valence-electron chi connectivity index (χ2n) is 4.96. The van der Waals surface area contributed by atoms with Crippen molar-refractivity contribution in [3.05, 3.63) is 63.8 Å². The highest BCUT2D eigenvalue weighted by Crippen LogP contribution is 2.31. The maximum absolute atomic E-state index is 13.3. The fraction of sp³-hybridized carbons (Fsp3) is 0.188. The van der Waals surface area contributed by atoms with E-state index in [1.54, 1.807) is 18.5 Å². The Morgan fingerprint density at radius 1 is 1.33 bits per heavy atom. The Morgan fingerprint density at radius 3 is 2.90 bits per heavy atom. The highest BCUT2D eigenvalue weighted by molar-refractivity contribution is 9.10. The lowest BCUT2D eigenvalue weighted by Gasteiger charge is -2.09. The van der Waals surface area contributed by atoms with Gasteiger partial charge in [-0.1, -0.05) is 0 Å². The quantitative estimate of drug-likeness (QED) is 0.766. The van der Waals surface area contributed by atoms with Crippen LogP contribution in [-0.4, -0.2) is 10.1 Å². The number of aryl methyl sites for hydroxylation is 1. The first kappa shape index (κ1) is 14.2. The van der Waals surface area contributed by atoms with Gasteiger partial charge in [0.25, 0.3) is 0 Å². The fourth-order valence-electron chi connectivity index (χ4n) is 2.41. The van der Waals surface area contributed by atoms with Gasteiger partial charge >= 0.3 is 0 Å². The van der Waals surface area contributed by atoms with E-state index < -0.39 is 6.10 Å². The second-order valence-corrected chi connectivity index (χ2v) is 5.88. The zero-order chi connectivity index (χ0) is 15.0. The summed E-state index contributed by atoms with van der Waals surface area (Å²) in [6.45, 7) is 1.82. The Hall–Kier alpha value is -1.72. The number of rotatable bonds is 3. The van der Waals surface area contributed by atoms with Crippen molar-refractivity contribution in [3.8, 4) is 0 Å². The smallest absolute Gasteiger partial charge is 0.137 e. The number of nitrogens with zero attached hydrogens (tertiary/aromatic N) is 1. The molecule has 0 spiro atoms. The summed E-state index contributed by atoms with van der Waals surface area (Å²) in [5.74, 6) is 0.152. The van der Waals surface area contributed by atoms with Gasteiger partial charge in [0.15, 0.2) is 0 Å². The van der Waals surface area contributed by atoms with Crippen LogP contribution in [0, 0.1) is 12.7 Å². The van der Waals surface area contributed by atoms with Crippen LogP contribution in [0.2, 0.25) is 0 Å². The lowest BCUT2D eigenvalue weighted by atomic mass is 10.0. The molecule has 1 unspecified atom stereocenters. The molecule has 0 fully saturated rings. The maximum atomic E-state index is 13.3. The van der Waals surface area contributed by atoms with E-state index in [0.29, 0.717) is 23.2 Å². The molecule has 3 rings (SSSR count). The molecule has 2 aromatic heterocycles. The molecule has 0 aliphatic heterocycles. The van der Waals surface area contributed by atoms with Gasteiger partial charge < -0.3 is 9.52 Å². The Bertz CT molecular complexity index is 800. The third-order valence-electron chi connectivity index (χ3n) is 3.43. The lowest BCUT2D eigenvalue weighted by molar-refractivity contribution is 0.151. The van der Waals surface area contributed by atoms with Crippen LogP contribution in [0.15, 0.2) is 45.5 Å². The van der Waals surface area contributed by atoms with Crippen molar-refractivity contribution in [2.45, 2.75) is 19.4 Å². The topological polar surface area (TPSA) is 46.3 Å². The van der Waals surface area contributed by atoms with E-state index >= 15 is 0 Å². The van der Waals surface area contributed by atoms with Gasteiger partial charge in [0.05, 0.1) is 0 Å². The zero-order valence-electron chi connectivity index (χ0n) is 11.3. The largest absolute Gasteiger partial charge is 0.458 e. The summed E-state index contributed by atoms with van der Waals surface area (Å²) in [5.41, 5.74) is 2.23. The summed E-state index contributed by atoms with van der Waals surface area (Å²) >= 11 is 3.35. The Balaban J connectivity index is 1.94. The minimum atomic E-state index is -0.795. The third-order valence-corrected chi connectivity index (χ3v) is 3.86. The van der Waals surface area contributed by atoms with Crippen LogP contribution in [0.4, 0.5) is 4.39 Å². The predicted octanol–water partition coefficient (Wildman–Crippen LogP) is 4.31. The monoisotopic (exact) mass is 349 g/mol. The maximum Gasteiger partial charge on any atom is 0.137 e. The summed E-state index contributed by atoms with van der Waals surface area (Å²) in [4.78, 5) is 4.07. The van der Waals surface area contributed by atoms with Crippen molar-refractivity contribution in [2.75, 3.05) is 0 Å². The molecule has 0 radical (unpaired) electrons. The first-order chi connectivity index (χ1) is 10.0. The molecule has 1 atom stereocenters. The molecule has 3 nitrogen and oxygen atoms in total. The number of benzene rings is 1. The fourth-order valence-corrected chi connectivity index (χ4v) is 2.83. The standard InChI is InChI=1S/C16H13BrFNO2/c1-9-13-6-12(18)2-3-15(13)21-16(9)14(20)5-10-4-11(17)8-19-7-10/h2-4,6-8,14,20H,5H2,1H3.